The molecule has 47 heavy (non-hydrogen) atoms. The highest BCUT2D eigenvalue weighted by Gasteiger charge is 2.13. The first-order valence-corrected chi connectivity index (χ1v) is 17.5. The molecule has 2 unspecified atom stereocenters. The van der Waals surface area contributed by atoms with E-state index in [-0.39, 0.29) is 11.8 Å². The van der Waals surface area contributed by atoms with E-state index < -0.39 is 0 Å². The van der Waals surface area contributed by atoms with Gasteiger partial charge in [-0.25, -0.2) is 0 Å². The minimum Gasteiger partial charge on any atom is -0.457 e. The summed E-state index contributed by atoms with van der Waals surface area (Å²) in [6.45, 7) is 8.55. The van der Waals surface area contributed by atoms with Crippen LogP contribution in [0.2, 0.25) is 0 Å². The molecule has 0 aliphatic rings. The minimum atomic E-state index is 0.240. The van der Waals surface area contributed by atoms with Crippen molar-refractivity contribution in [3.8, 4) is 11.5 Å². The molecule has 6 aromatic carbocycles. The molecule has 0 saturated heterocycles. The van der Waals surface area contributed by atoms with Gasteiger partial charge in [0.05, 0.1) is 0 Å². The number of nitrogen functional groups attached to an aromatic ring is 2. The summed E-state index contributed by atoms with van der Waals surface area (Å²) < 4.78 is 6.15. The van der Waals surface area contributed by atoms with Gasteiger partial charge in [0.25, 0.3) is 0 Å². The molecule has 0 radical (unpaired) electrons. The van der Waals surface area contributed by atoms with E-state index in [1.165, 1.54) is 43.2 Å². The number of hydrogen-bond acceptors (Lipinski definition) is 5. The number of hydrogen-bond donors (Lipinski definition) is 2. The van der Waals surface area contributed by atoms with Gasteiger partial charge in [0.15, 0.2) is 0 Å². The summed E-state index contributed by atoms with van der Waals surface area (Å²) in [7, 11) is 0. The Balaban J connectivity index is 1.02. The zero-order chi connectivity index (χ0) is 32.9. The van der Waals surface area contributed by atoms with Gasteiger partial charge < -0.3 is 16.2 Å². The molecule has 0 aliphatic carbocycles. The van der Waals surface area contributed by atoms with Crippen LogP contribution in [0.15, 0.2) is 153 Å². The van der Waals surface area contributed by atoms with Crippen LogP contribution in [0.25, 0.3) is 0 Å². The molecule has 2 atom stereocenters. The molecule has 4 N–H and O–H groups in total. The standard InChI is InChI=1S/C42H40N2OS2/c1-27-5-23-39(41(43)25-27)29(3)31-7-15-35(16-8-31)46-37-19-11-33(12-20-37)45-34-13-21-38(22-14-34)47-36-17-9-32(10-18-36)30(4)40-24-6-28(2)26-42(40)44/h5-26,29-30H,43-44H2,1-4H3. The number of nitrogens with two attached hydrogens (primary N) is 2. The maximum Gasteiger partial charge on any atom is 0.127 e. The molecular formula is C42H40N2OS2. The van der Waals surface area contributed by atoms with E-state index in [9.17, 15) is 0 Å². The summed E-state index contributed by atoms with van der Waals surface area (Å²) in [5.74, 6) is 2.11. The average molecular weight is 653 g/mol. The van der Waals surface area contributed by atoms with Crippen molar-refractivity contribution in [2.24, 2.45) is 0 Å². The van der Waals surface area contributed by atoms with Gasteiger partial charge in [-0.1, -0.05) is 85.9 Å². The third-order valence-corrected chi connectivity index (χ3v) is 10.6. The fourth-order valence-corrected chi connectivity index (χ4v) is 7.38. The second kappa shape index (κ2) is 14.5. The summed E-state index contributed by atoms with van der Waals surface area (Å²) in [6, 6.07) is 46.6. The predicted octanol–water partition coefficient (Wildman–Crippen LogP) is 11.9. The molecule has 0 fully saturated rings. The first-order valence-electron chi connectivity index (χ1n) is 15.9. The van der Waals surface area contributed by atoms with E-state index in [4.69, 9.17) is 16.2 Å². The Kier molecular flexibility index (Phi) is 9.95. The molecule has 6 aromatic rings. The lowest BCUT2D eigenvalue weighted by Gasteiger charge is -2.16. The SMILES string of the molecule is Cc1ccc(C(C)c2ccc(Sc3ccc(Oc4ccc(Sc5ccc(C(C)c6ccc(C)cc6N)cc5)cc4)cc3)cc2)c(N)c1. The summed E-state index contributed by atoms with van der Waals surface area (Å²) in [5, 5.41) is 0. The lowest BCUT2D eigenvalue weighted by molar-refractivity contribution is 0.482. The fraction of sp³-hybridized carbons (Fsp3) is 0.143. The van der Waals surface area contributed by atoms with Crippen LogP contribution in [-0.2, 0) is 0 Å². The third kappa shape index (κ3) is 8.05. The summed E-state index contributed by atoms with van der Waals surface area (Å²) >= 11 is 3.48. The van der Waals surface area contributed by atoms with Crippen LogP contribution in [0.4, 0.5) is 11.4 Å². The quantitative estimate of drug-likeness (QED) is 0.144. The second-order valence-corrected chi connectivity index (χ2v) is 14.4. The van der Waals surface area contributed by atoms with E-state index in [1.54, 1.807) is 23.5 Å². The Morgan fingerprint density at radius 1 is 0.447 bits per heavy atom. The van der Waals surface area contributed by atoms with Crippen molar-refractivity contribution in [1.82, 2.24) is 0 Å². The van der Waals surface area contributed by atoms with E-state index in [0.29, 0.717) is 0 Å². The smallest absolute Gasteiger partial charge is 0.127 e. The number of ether oxygens (including phenoxy) is 1. The van der Waals surface area contributed by atoms with Gasteiger partial charge >= 0.3 is 0 Å². The highest BCUT2D eigenvalue weighted by Crippen LogP contribution is 2.36. The van der Waals surface area contributed by atoms with Crippen molar-refractivity contribution in [1.29, 1.82) is 0 Å². The maximum atomic E-state index is 6.30. The van der Waals surface area contributed by atoms with Gasteiger partial charge in [0, 0.05) is 42.8 Å². The Bertz CT molecular complexity index is 1810. The minimum absolute atomic E-state index is 0.240. The van der Waals surface area contributed by atoms with Crippen molar-refractivity contribution >= 4 is 34.9 Å². The van der Waals surface area contributed by atoms with Gasteiger partial charge in [-0.05, 0) is 132 Å². The van der Waals surface area contributed by atoms with Crippen molar-refractivity contribution in [3.63, 3.8) is 0 Å². The highest BCUT2D eigenvalue weighted by atomic mass is 32.2. The Hall–Kier alpha value is -4.58. The van der Waals surface area contributed by atoms with E-state index in [2.05, 4.69) is 125 Å². The average Bonchev–Trinajstić information content (AvgIpc) is 3.07. The first-order chi connectivity index (χ1) is 22.7. The summed E-state index contributed by atoms with van der Waals surface area (Å²) in [4.78, 5) is 4.71. The highest BCUT2D eigenvalue weighted by molar-refractivity contribution is 7.99. The molecule has 5 heteroatoms. The van der Waals surface area contributed by atoms with Gasteiger partial charge in [0.2, 0.25) is 0 Å². The molecule has 3 nitrogen and oxygen atoms in total. The lowest BCUT2D eigenvalue weighted by Crippen LogP contribution is -2.01. The predicted molar refractivity (Wildman–Crippen MR) is 200 cm³/mol. The lowest BCUT2D eigenvalue weighted by atomic mass is 9.91. The van der Waals surface area contributed by atoms with Crippen molar-refractivity contribution in [2.75, 3.05) is 11.5 Å². The van der Waals surface area contributed by atoms with Crippen LogP contribution in [0.5, 0.6) is 11.5 Å². The summed E-state index contributed by atoms with van der Waals surface area (Å²) in [6.07, 6.45) is 0. The number of benzene rings is 6. The van der Waals surface area contributed by atoms with Crippen LogP contribution in [0.1, 0.15) is 59.1 Å². The molecule has 0 bridgehead atoms. The molecule has 0 spiro atoms. The maximum absolute atomic E-state index is 6.30. The summed E-state index contributed by atoms with van der Waals surface area (Å²) in [5.41, 5.74) is 21.5. The van der Waals surface area contributed by atoms with Crippen LogP contribution in [-0.4, -0.2) is 0 Å². The largest absolute Gasteiger partial charge is 0.457 e. The molecule has 236 valence electrons. The molecule has 0 amide bonds. The fourth-order valence-electron chi connectivity index (χ4n) is 5.74. The molecule has 6 rings (SSSR count). The van der Waals surface area contributed by atoms with E-state index in [1.807, 2.05) is 36.4 Å². The number of anilines is 2. The van der Waals surface area contributed by atoms with Gasteiger partial charge in [-0.3, -0.25) is 0 Å². The number of rotatable bonds is 10. The molecule has 0 saturated carbocycles. The Labute approximate surface area is 287 Å². The zero-order valence-electron chi connectivity index (χ0n) is 27.2. The van der Waals surface area contributed by atoms with E-state index >= 15 is 0 Å². The first kappa shape index (κ1) is 32.4. The molecule has 0 heterocycles. The Morgan fingerprint density at radius 3 is 1.09 bits per heavy atom. The van der Waals surface area contributed by atoms with Gasteiger partial charge in [-0.2, -0.15) is 0 Å². The van der Waals surface area contributed by atoms with Crippen molar-refractivity contribution < 1.29 is 4.74 Å². The van der Waals surface area contributed by atoms with Crippen LogP contribution in [0.3, 0.4) is 0 Å². The zero-order valence-corrected chi connectivity index (χ0v) is 28.9. The van der Waals surface area contributed by atoms with Crippen LogP contribution < -0.4 is 16.2 Å². The Morgan fingerprint density at radius 2 is 0.766 bits per heavy atom. The molecule has 0 aromatic heterocycles. The molecular weight excluding hydrogens is 613 g/mol. The van der Waals surface area contributed by atoms with Crippen LogP contribution in [0, 0.1) is 13.8 Å². The van der Waals surface area contributed by atoms with Crippen molar-refractivity contribution in [3.05, 3.63) is 167 Å². The van der Waals surface area contributed by atoms with Crippen molar-refractivity contribution in [2.45, 2.75) is 59.1 Å². The van der Waals surface area contributed by atoms with Crippen LogP contribution >= 0.6 is 23.5 Å². The second-order valence-electron chi connectivity index (χ2n) is 12.1. The topological polar surface area (TPSA) is 61.3 Å². The molecule has 0 aliphatic heterocycles. The van der Waals surface area contributed by atoms with Gasteiger partial charge in [0.1, 0.15) is 11.5 Å². The van der Waals surface area contributed by atoms with E-state index in [0.717, 1.165) is 32.7 Å². The monoisotopic (exact) mass is 652 g/mol. The van der Waals surface area contributed by atoms with Gasteiger partial charge in [-0.15, -0.1) is 0 Å². The third-order valence-electron chi connectivity index (χ3n) is 8.53. The number of aryl methyl sites for hydroxylation is 2. The normalized spacial score (nSPS) is 12.4.